The average molecular weight is 416 g/mol. The van der Waals surface area contributed by atoms with Crippen molar-refractivity contribution in [3.05, 3.63) is 59.0 Å². The van der Waals surface area contributed by atoms with E-state index in [4.69, 9.17) is 0 Å². The lowest BCUT2D eigenvalue weighted by Gasteiger charge is -2.27. The highest BCUT2D eigenvalue weighted by Gasteiger charge is 2.22. The molecule has 0 aliphatic rings. The molecule has 0 unspecified atom stereocenters. The highest BCUT2D eigenvalue weighted by Crippen LogP contribution is 2.21. The summed E-state index contributed by atoms with van der Waals surface area (Å²) < 4.78 is 26.5. The van der Waals surface area contributed by atoms with Gasteiger partial charge in [-0.2, -0.15) is 0 Å². The van der Waals surface area contributed by atoms with Crippen LogP contribution in [0.25, 0.3) is 11.0 Å². The van der Waals surface area contributed by atoms with E-state index in [1.807, 2.05) is 45.0 Å². The van der Waals surface area contributed by atoms with E-state index < -0.39 is 9.84 Å². The summed E-state index contributed by atoms with van der Waals surface area (Å²) in [6, 6.07) is 13.4. The first-order chi connectivity index (χ1) is 13.6. The largest absolute Gasteiger partial charge is 0.329 e. The van der Waals surface area contributed by atoms with Crippen LogP contribution >= 0.6 is 0 Å². The van der Waals surface area contributed by atoms with Gasteiger partial charge in [-0.25, -0.2) is 13.2 Å². The summed E-state index contributed by atoms with van der Waals surface area (Å²) >= 11 is 0. The molecule has 0 aliphatic heterocycles. The molecule has 0 spiro atoms. The first kappa shape index (κ1) is 20.9. The molecule has 1 aromatic heterocycles. The molecule has 0 saturated carbocycles. The van der Waals surface area contributed by atoms with Crippen molar-refractivity contribution in [2.24, 2.45) is 0 Å². The molecule has 1 amide bonds. The van der Waals surface area contributed by atoms with Crippen LogP contribution in [0.3, 0.4) is 0 Å². The van der Waals surface area contributed by atoms with Crippen molar-refractivity contribution >= 4 is 32.5 Å². The number of sulfone groups is 1. The number of amides is 1. The molecule has 29 heavy (non-hydrogen) atoms. The molecule has 8 heteroatoms. The van der Waals surface area contributed by atoms with Crippen LogP contribution in [0.2, 0.25) is 0 Å². The Balaban J connectivity index is 1.99. The molecule has 0 atom stereocenters. The van der Waals surface area contributed by atoms with E-state index in [0.29, 0.717) is 17.7 Å². The molecular weight excluding hydrogens is 390 g/mol. The molecular formula is C21H25N3O4S. The van der Waals surface area contributed by atoms with Crippen LogP contribution in [-0.4, -0.2) is 35.8 Å². The van der Waals surface area contributed by atoms with Crippen molar-refractivity contribution < 1.29 is 13.2 Å². The average Bonchev–Trinajstić information content (AvgIpc) is 2.92. The molecule has 2 aromatic carbocycles. The van der Waals surface area contributed by atoms with Crippen LogP contribution < -0.4 is 10.6 Å². The first-order valence-corrected chi connectivity index (χ1v) is 11.3. The van der Waals surface area contributed by atoms with Gasteiger partial charge in [0.15, 0.2) is 9.84 Å². The maximum Gasteiger partial charge on any atom is 0.329 e. The zero-order valence-electron chi connectivity index (χ0n) is 17.0. The monoisotopic (exact) mass is 415 g/mol. The van der Waals surface area contributed by atoms with Crippen LogP contribution in [0.1, 0.15) is 20.8 Å². The summed E-state index contributed by atoms with van der Waals surface area (Å²) in [5.41, 5.74) is 1.87. The van der Waals surface area contributed by atoms with Crippen molar-refractivity contribution in [3.63, 3.8) is 0 Å². The number of benzene rings is 2. The third kappa shape index (κ3) is 3.98. The van der Waals surface area contributed by atoms with Gasteiger partial charge in [-0.3, -0.25) is 13.9 Å². The predicted molar refractivity (Wildman–Crippen MR) is 114 cm³/mol. The molecule has 0 radical (unpaired) electrons. The summed E-state index contributed by atoms with van der Waals surface area (Å²) in [6.07, 6.45) is 1.14. The molecule has 0 aliphatic carbocycles. The Bertz CT molecular complexity index is 1200. The minimum Gasteiger partial charge on any atom is -0.308 e. The topological polar surface area (TPSA) is 81.4 Å². The summed E-state index contributed by atoms with van der Waals surface area (Å²) in [6.45, 7) is 6.06. The minimum atomic E-state index is -3.32. The number of imidazole rings is 1. The number of rotatable bonds is 6. The Morgan fingerprint density at radius 3 is 2.03 bits per heavy atom. The normalized spacial score (nSPS) is 11.9. The Labute approximate surface area is 170 Å². The minimum absolute atomic E-state index is 0.0989. The van der Waals surface area contributed by atoms with Crippen molar-refractivity contribution in [2.75, 3.05) is 11.2 Å². The van der Waals surface area contributed by atoms with E-state index in [9.17, 15) is 18.0 Å². The van der Waals surface area contributed by atoms with E-state index in [1.54, 1.807) is 21.6 Å². The number of carbonyl (C=O) groups is 1. The number of aryl methyl sites for hydroxylation is 1. The number of anilines is 1. The molecule has 3 rings (SSSR count). The zero-order valence-corrected chi connectivity index (χ0v) is 17.8. The molecule has 154 valence electrons. The number of aromatic nitrogens is 2. The van der Waals surface area contributed by atoms with Gasteiger partial charge in [-0.05, 0) is 57.2 Å². The van der Waals surface area contributed by atoms with Gasteiger partial charge < -0.3 is 4.90 Å². The molecule has 3 aromatic rings. The van der Waals surface area contributed by atoms with E-state index in [2.05, 4.69) is 0 Å². The van der Waals surface area contributed by atoms with Crippen LogP contribution in [0, 0.1) is 0 Å². The van der Waals surface area contributed by atoms with Gasteiger partial charge in [-0.15, -0.1) is 0 Å². The first-order valence-electron chi connectivity index (χ1n) is 9.45. The summed E-state index contributed by atoms with van der Waals surface area (Å²) in [5, 5.41) is 0. The highest BCUT2D eigenvalue weighted by atomic mass is 32.2. The van der Waals surface area contributed by atoms with Gasteiger partial charge in [0.25, 0.3) is 0 Å². The number of hydrogen-bond acceptors (Lipinski definition) is 4. The lowest BCUT2D eigenvalue weighted by molar-refractivity contribution is -0.119. The second kappa shape index (κ2) is 7.87. The van der Waals surface area contributed by atoms with Crippen LogP contribution in [0.15, 0.2) is 58.2 Å². The lowest BCUT2D eigenvalue weighted by Crippen LogP contribution is -2.41. The van der Waals surface area contributed by atoms with Gasteiger partial charge in [-0.1, -0.05) is 12.1 Å². The molecule has 0 saturated heterocycles. The fourth-order valence-electron chi connectivity index (χ4n) is 3.53. The predicted octanol–water partition coefficient (Wildman–Crippen LogP) is 2.67. The van der Waals surface area contributed by atoms with Gasteiger partial charge in [0.2, 0.25) is 5.91 Å². The van der Waals surface area contributed by atoms with Crippen LogP contribution in [-0.2, 0) is 27.7 Å². The van der Waals surface area contributed by atoms with Gasteiger partial charge in [0.1, 0.15) is 6.54 Å². The third-order valence-electron chi connectivity index (χ3n) is 4.86. The number of nitrogens with zero attached hydrogens (tertiary/aromatic N) is 3. The maximum atomic E-state index is 13.2. The second-order valence-corrected chi connectivity index (χ2v) is 9.24. The van der Waals surface area contributed by atoms with Crippen molar-refractivity contribution in [2.45, 2.75) is 44.8 Å². The Morgan fingerprint density at radius 2 is 1.55 bits per heavy atom. The number of para-hydroxylation sites is 2. The quantitative estimate of drug-likeness (QED) is 0.620. The molecule has 0 bridgehead atoms. The summed E-state index contributed by atoms with van der Waals surface area (Å²) in [5.74, 6) is -0.242. The van der Waals surface area contributed by atoms with Crippen molar-refractivity contribution in [3.8, 4) is 0 Å². The number of fused-ring (bicyclic) bond motifs is 1. The standard InChI is InChI=1S/C21H25N3O4S/c1-5-22-18-8-6-7-9-19(18)23(21(22)26)14-20(25)24(15(2)3)16-10-12-17(13-11-16)29(4,27)28/h6-13,15H,5,14H2,1-4H3. The third-order valence-corrected chi connectivity index (χ3v) is 5.99. The molecule has 7 nitrogen and oxygen atoms in total. The van der Waals surface area contributed by atoms with Gasteiger partial charge in [0, 0.05) is 24.5 Å². The van der Waals surface area contributed by atoms with Crippen LogP contribution in [0.4, 0.5) is 5.69 Å². The van der Waals surface area contributed by atoms with E-state index in [0.717, 1.165) is 11.8 Å². The van der Waals surface area contributed by atoms with Crippen molar-refractivity contribution in [1.82, 2.24) is 9.13 Å². The number of hydrogen-bond donors (Lipinski definition) is 0. The van der Waals surface area contributed by atoms with Gasteiger partial charge in [0.05, 0.1) is 15.9 Å². The van der Waals surface area contributed by atoms with E-state index >= 15 is 0 Å². The second-order valence-electron chi connectivity index (χ2n) is 7.23. The van der Waals surface area contributed by atoms with E-state index in [-0.39, 0.29) is 29.1 Å². The molecule has 0 N–H and O–H groups in total. The highest BCUT2D eigenvalue weighted by molar-refractivity contribution is 7.90. The smallest absolute Gasteiger partial charge is 0.308 e. The van der Waals surface area contributed by atoms with Crippen LogP contribution in [0.5, 0.6) is 0 Å². The van der Waals surface area contributed by atoms with Crippen molar-refractivity contribution in [1.29, 1.82) is 0 Å². The maximum absolute atomic E-state index is 13.2. The Kier molecular flexibility index (Phi) is 5.66. The Hall–Kier alpha value is -2.87. The van der Waals surface area contributed by atoms with Gasteiger partial charge >= 0.3 is 5.69 Å². The summed E-state index contributed by atoms with van der Waals surface area (Å²) in [7, 11) is -3.32. The lowest BCUT2D eigenvalue weighted by atomic mass is 10.2. The van der Waals surface area contributed by atoms with E-state index in [1.165, 1.54) is 16.7 Å². The zero-order chi connectivity index (χ0) is 21.3. The molecule has 1 heterocycles. The number of carbonyl (C=O) groups excluding carboxylic acids is 1. The Morgan fingerprint density at radius 1 is 1.00 bits per heavy atom. The SMILES string of the molecule is CCn1c(=O)n(CC(=O)N(c2ccc(S(C)(=O)=O)cc2)C(C)C)c2ccccc21. The molecule has 0 fully saturated rings. The summed E-state index contributed by atoms with van der Waals surface area (Å²) in [4.78, 5) is 27.8. The fourth-order valence-corrected chi connectivity index (χ4v) is 4.16. The fraction of sp³-hybridized carbons (Fsp3) is 0.333.